The zero-order valence-electron chi connectivity index (χ0n) is 19.0. The van der Waals surface area contributed by atoms with Crippen molar-refractivity contribution in [2.45, 2.75) is 24.6 Å². The maximum Gasteiger partial charge on any atom is 0.410 e. The Morgan fingerprint density at radius 1 is 1.11 bits per heavy atom. The topological polar surface area (TPSA) is 143 Å². The number of thiazole rings is 1. The number of aromatic nitrogens is 2. The molecule has 3 N–H and O–H groups in total. The van der Waals surface area contributed by atoms with E-state index in [4.69, 9.17) is 9.47 Å². The summed E-state index contributed by atoms with van der Waals surface area (Å²) < 4.78 is 11.2. The summed E-state index contributed by atoms with van der Waals surface area (Å²) in [6, 6.07) is 9.42. The zero-order valence-corrected chi connectivity index (χ0v) is 19.9. The van der Waals surface area contributed by atoms with Gasteiger partial charge in [0.05, 0.1) is 37.4 Å². The second-order valence-corrected chi connectivity index (χ2v) is 9.20. The van der Waals surface area contributed by atoms with Gasteiger partial charge in [-0.3, -0.25) is 19.5 Å². The summed E-state index contributed by atoms with van der Waals surface area (Å²) in [7, 11) is 0. The first-order chi connectivity index (χ1) is 17.4. The van der Waals surface area contributed by atoms with Crippen molar-refractivity contribution >= 4 is 40.1 Å². The van der Waals surface area contributed by atoms with Crippen LogP contribution in [0.25, 0.3) is 11.3 Å². The van der Waals surface area contributed by atoms with Gasteiger partial charge in [-0.2, -0.15) is 0 Å². The number of ether oxygens (including phenoxy) is 2. The fourth-order valence-electron chi connectivity index (χ4n) is 4.32. The molecule has 4 heterocycles. The van der Waals surface area contributed by atoms with E-state index in [1.807, 2.05) is 0 Å². The molecule has 5 rings (SSSR count). The number of pyridine rings is 1. The molecular weight excluding hydrogens is 486 g/mol. The van der Waals surface area contributed by atoms with Gasteiger partial charge in [-0.1, -0.05) is 12.1 Å². The van der Waals surface area contributed by atoms with Gasteiger partial charge in [-0.25, -0.2) is 9.78 Å². The van der Waals surface area contributed by atoms with Crippen LogP contribution in [-0.4, -0.2) is 69.5 Å². The second-order valence-electron chi connectivity index (χ2n) is 8.34. The SMILES string of the molecule is O=C(Nc1cccnc1)c1ccc(-c2csc(NC(=O)C3COC4(CCOCC4)N3C(=O)O)n2)cc1. The van der Waals surface area contributed by atoms with Gasteiger partial charge in [0.2, 0.25) is 0 Å². The molecule has 2 aliphatic heterocycles. The summed E-state index contributed by atoms with van der Waals surface area (Å²) in [6.07, 6.45) is 2.73. The molecule has 3 amide bonds. The summed E-state index contributed by atoms with van der Waals surface area (Å²) >= 11 is 1.22. The average molecular weight is 510 g/mol. The van der Waals surface area contributed by atoms with E-state index in [1.54, 1.807) is 54.2 Å². The number of anilines is 2. The number of nitrogens with one attached hydrogen (secondary N) is 2. The minimum atomic E-state index is -1.21. The van der Waals surface area contributed by atoms with Crippen molar-refractivity contribution in [3.63, 3.8) is 0 Å². The van der Waals surface area contributed by atoms with Crippen LogP contribution in [0.15, 0.2) is 54.2 Å². The van der Waals surface area contributed by atoms with Gasteiger partial charge in [0.15, 0.2) is 10.9 Å². The van der Waals surface area contributed by atoms with Gasteiger partial charge >= 0.3 is 6.09 Å². The number of rotatable bonds is 5. The molecule has 1 unspecified atom stereocenters. The van der Waals surface area contributed by atoms with E-state index in [9.17, 15) is 19.5 Å². The molecule has 2 fully saturated rings. The molecule has 1 atom stereocenters. The highest BCUT2D eigenvalue weighted by Gasteiger charge is 2.53. The molecule has 36 heavy (non-hydrogen) atoms. The highest BCUT2D eigenvalue weighted by atomic mass is 32.1. The minimum Gasteiger partial charge on any atom is -0.465 e. The van der Waals surface area contributed by atoms with E-state index in [-0.39, 0.29) is 12.5 Å². The number of carbonyl (C=O) groups is 3. The number of carbonyl (C=O) groups excluding carboxylic acids is 2. The Morgan fingerprint density at radius 3 is 2.58 bits per heavy atom. The van der Waals surface area contributed by atoms with Gasteiger partial charge < -0.3 is 25.2 Å². The lowest BCUT2D eigenvalue weighted by molar-refractivity contribution is -0.138. The molecule has 186 valence electrons. The Labute approximate surface area is 210 Å². The maximum absolute atomic E-state index is 13.0. The van der Waals surface area contributed by atoms with Crippen LogP contribution in [0, 0.1) is 0 Å². The molecular formula is C24H23N5O6S. The van der Waals surface area contributed by atoms with Crippen molar-refractivity contribution in [3.8, 4) is 11.3 Å². The van der Waals surface area contributed by atoms with E-state index in [2.05, 4.69) is 20.6 Å². The predicted octanol–water partition coefficient (Wildman–Crippen LogP) is 3.28. The van der Waals surface area contributed by atoms with Crippen molar-refractivity contribution in [2.75, 3.05) is 30.5 Å². The Balaban J connectivity index is 1.24. The molecule has 3 aromatic rings. The van der Waals surface area contributed by atoms with Crippen LogP contribution in [0.2, 0.25) is 0 Å². The van der Waals surface area contributed by atoms with Crippen molar-refractivity contribution < 1.29 is 29.0 Å². The number of carboxylic acid groups (broad SMARTS) is 1. The number of benzene rings is 1. The highest BCUT2D eigenvalue weighted by Crippen LogP contribution is 2.37. The van der Waals surface area contributed by atoms with Crippen molar-refractivity contribution in [3.05, 3.63) is 59.7 Å². The molecule has 12 heteroatoms. The molecule has 0 radical (unpaired) electrons. The normalized spacial score (nSPS) is 18.7. The van der Waals surface area contributed by atoms with Crippen LogP contribution in [0.5, 0.6) is 0 Å². The zero-order chi connectivity index (χ0) is 25.1. The molecule has 11 nitrogen and oxygen atoms in total. The van der Waals surface area contributed by atoms with Crippen molar-refractivity contribution in [1.82, 2.24) is 14.9 Å². The summed E-state index contributed by atoms with van der Waals surface area (Å²) in [5, 5.41) is 17.4. The predicted molar refractivity (Wildman–Crippen MR) is 131 cm³/mol. The van der Waals surface area contributed by atoms with E-state index in [1.165, 1.54) is 11.3 Å². The lowest BCUT2D eigenvalue weighted by Crippen LogP contribution is -2.56. The average Bonchev–Trinajstić information content (AvgIpc) is 3.50. The molecule has 0 aliphatic carbocycles. The Kier molecular flexibility index (Phi) is 6.63. The van der Waals surface area contributed by atoms with E-state index in [0.717, 1.165) is 10.5 Å². The number of hydrogen-bond donors (Lipinski definition) is 3. The standard InChI is InChI=1S/C24H23N5O6S/c30-20(26-17-2-1-9-25-12-17)16-5-3-15(4-6-16)18-14-36-22(27-18)28-21(31)19-13-35-24(29(19)23(32)33)7-10-34-11-8-24/h1-6,9,12,14,19H,7-8,10-11,13H2,(H,26,30)(H,32,33)(H,27,28,31). The first-order valence-corrected chi connectivity index (χ1v) is 12.2. The highest BCUT2D eigenvalue weighted by molar-refractivity contribution is 7.14. The fraction of sp³-hybridized carbons (Fsp3) is 0.292. The molecule has 2 saturated heterocycles. The third-order valence-corrected chi connectivity index (χ3v) is 6.90. The van der Waals surface area contributed by atoms with E-state index < -0.39 is 23.8 Å². The quantitative estimate of drug-likeness (QED) is 0.476. The lowest BCUT2D eigenvalue weighted by Gasteiger charge is -2.39. The number of amides is 3. The third-order valence-electron chi connectivity index (χ3n) is 6.14. The fourth-order valence-corrected chi connectivity index (χ4v) is 5.05. The lowest BCUT2D eigenvalue weighted by atomic mass is 10.0. The monoisotopic (exact) mass is 509 g/mol. The summed E-state index contributed by atoms with van der Waals surface area (Å²) in [5.74, 6) is -0.756. The molecule has 0 bridgehead atoms. The first-order valence-electron chi connectivity index (χ1n) is 11.3. The van der Waals surface area contributed by atoms with Crippen molar-refractivity contribution in [2.24, 2.45) is 0 Å². The third kappa shape index (κ3) is 4.78. The summed E-state index contributed by atoms with van der Waals surface area (Å²) in [4.78, 5) is 46.9. The summed E-state index contributed by atoms with van der Waals surface area (Å²) in [5.41, 5.74) is 1.42. The van der Waals surface area contributed by atoms with Gasteiger partial charge in [0.25, 0.3) is 11.8 Å². The van der Waals surface area contributed by atoms with Gasteiger partial charge in [0, 0.05) is 35.5 Å². The smallest absolute Gasteiger partial charge is 0.410 e. The Morgan fingerprint density at radius 2 is 1.89 bits per heavy atom. The van der Waals surface area contributed by atoms with Crippen LogP contribution in [0.4, 0.5) is 15.6 Å². The number of nitrogens with zero attached hydrogens (tertiary/aromatic N) is 3. The van der Waals surface area contributed by atoms with Crippen LogP contribution < -0.4 is 10.6 Å². The van der Waals surface area contributed by atoms with Crippen LogP contribution in [0.3, 0.4) is 0 Å². The Hall–Kier alpha value is -3.87. The number of hydrogen-bond acceptors (Lipinski definition) is 8. The molecule has 0 saturated carbocycles. The van der Waals surface area contributed by atoms with Crippen LogP contribution >= 0.6 is 11.3 Å². The van der Waals surface area contributed by atoms with Crippen molar-refractivity contribution in [1.29, 1.82) is 0 Å². The summed E-state index contributed by atoms with van der Waals surface area (Å²) in [6.45, 7) is 0.717. The molecule has 2 aliphatic rings. The van der Waals surface area contributed by atoms with E-state index in [0.29, 0.717) is 48.1 Å². The molecule has 1 aromatic carbocycles. The minimum absolute atomic E-state index is 0.0288. The van der Waals surface area contributed by atoms with Crippen LogP contribution in [0.1, 0.15) is 23.2 Å². The Bertz CT molecular complexity index is 1260. The van der Waals surface area contributed by atoms with Gasteiger partial charge in [0.1, 0.15) is 6.04 Å². The maximum atomic E-state index is 13.0. The molecule has 2 aromatic heterocycles. The first kappa shape index (κ1) is 23.9. The van der Waals surface area contributed by atoms with E-state index >= 15 is 0 Å². The molecule has 1 spiro atoms. The largest absolute Gasteiger partial charge is 0.465 e. The van der Waals surface area contributed by atoms with Gasteiger partial charge in [-0.15, -0.1) is 11.3 Å². The van der Waals surface area contributed by atoms with Crippen LogP contribution in [-0.2, 0) is 14.3 Å². The second kappa shape index (κ2) is 10.0. The van der Waals surface area contributed by atoms with Gasteiger partial charge in [-0.05, 0) is 24.3 Å².